The Morgan fingerprint density at radius 3 is 2.27 bits per heavy atom. The molecule has 1 heterocycles. The Balaban J connectivity index is 2.64. The molecule has 1 N–H and O–H groups in total. The lowest BCUT2D eigenvalue weighted by molar-refractivity contribution is 0.121. The molecule has 1 aliphatic heterocycles. The van der Waals surface area contributed by atoms with E-state index in [2.05, 4.69) is 10.2 Å². The fourth-order valence-electron chi connectivity index (χ4n) is 2.00. The zero-order chi connectivity index (χ0) is 11.5. The van der Waals surface area contributed by atoms with Gasteiger partial charge >= 0.3 is 0 Å². The number of hydrogen-bond acceptors (Lipinski definition) is 4. The maximum Gasteiger partial charge on any atom is 0.151 e. The molecule has 4 nitrogen and oxygen atoms in total. The highest BCUT2D eigenvalue weighted by molar-refractivity contribution is 7.91. The third-order valence-electron chi connectivity index (χ3n) is 2.99. The predicted molar refractivity (Wildman–Crippen MR) is 62.8 cm³/mol. The molecule has 0 unspecified atom stereocenters. The fourth-order valence-corrected chi connectivity index (χ4v) is 3.46. The van der Waals surface area contributed by atoms with Crippen molar-refractivity contribution >= 4 is 9.84 Å². The smallest absolute Gasteiger partial charge is 0.151 e. The second-order valence-electron chi connectivity index (χ2n) is 4.73. The van der Waals surface area contributed by atoms with E-state index in [0.29, 0.717) is 0 Å². The standard InChI is InChI=1S/C10H22N2O2S/c1-4-15(13,14)9-10(2,3)12-7-5-11-6-8-12/h11H,4-9H2,1-3H3. The van der Waals surface area contributed by atoms with Crippen LogP contribution in [0.2, 0.25) is 0 Å². The van der Waals surface area contributed by atoms with E-state index in [4.69, 9.17) is 0 Å². The number of piperazine rings is 1. The lowest BCUT2D eigenvalue weighted by atomic mass is 10.1. The average Bonchev–Trinajstić information content (AvgIpc) is 2.18. The van der Waals surface area contributed by atoms with Gasteiger partial charge in [0, 0.05) is 37.5 Å². The molecule has 0 aromatic carbocycles. The first-order valence-electron chi connectivity index (χ1n) is 5.53. The molecule has 1 rings (SSSR count). The highest BCUT2D eigenvalue weighted by Gasteiger charge is 2.32. The highest BCUT2D eigenvalue weighted by atomic mass is 32.2. The monoisotopic (exact) mass is 234 g/mol. The van der Waals surface area contributed by atoms with Gasteiger partial charge in [-0.15, -0.1) is 0 Å². The molecule has 1 aliphatic rings. The first-order chi connectivity index (χ1) is 6.87. The fraction of sp³-hybridized carbons (Fsp3) is 1.00. The van der Waals surface area contributed by atoms with E-state index in [1.165, 1.54) is 0 Å². The maximum atomic E-state index is 11.6. The van der Waals surface area contributed by atoms with Crippen molar-refractivity contribution in [3.63, 3.8) is 0 Å². The van der Waals surface area contributed by atoms with Crippen LogP contribution < -0.4 is 5.32 Å². The summed E-state index contributed by atoms with van der Waals surface area (Å²) >= 11 is 0. The Hall–Kier alpha value is -0.130. The lowest BCUT2D eigenvalue weighted by Crippen LogP contribution is -2.56. The Kier molecular flexibility index (Phi) is 4.14. The van der Waals surface area contributed by atoms with Crippen LogP contribution in [0.25, 0.3) is 0 Å². The van der Waals surface area contributed by atoms with Crippen LogP contribution in [0.1, 0.15) is 20.8 Å². The van der Waals surface area contributed by atoms with Crippen LogP contribution in [0.4, 0.5) is 0 Å². The predicted octanol–water partition coefficient (Wildman–Crippen LogP) is 0.105. The van der Waals surface area contributed by atoms with Crippen molar-refractivity contribution in [2.45, 2.75) is 26.3 Å². The van der Waals surface area contributed by atoms with Gasteiger partial charge in [0.05, 0.1) is 5.75 Å². The molecule has 90 valence electrons. The van der Waals surface area contributed by atoms with Gasteiger partial charge in [0.1, 0.15) is 0 Å². The first-order valence-corrected chi connectivity index (χ1v) is 7.36. The zero-order valence-electron chi connectivity index (χ0n) is 9.91. The number of rotatable bonds is 4. The summed E-state index contributed by atoms with van der Waals surface area (Å²) in [4.78, 5) is 2.26. The quantitative estimate of drug-likeness (QED) is 0.750. The van der Waals surface area contributed by atoms with Crippen LogP contribution in [0, 0.1) is 0 Å². The van der Waals surface area contributed by atoms with E-state index in [0.717, 1.165) is 26.2 Å². The van der Waals surface area contributed by atoms with Crippen LogP contribution in [0.15, 0.2) is 0 Å². The molecule has 15 heavy (non-hydrogen) atoms. The largest absolute Gasteiger partial charge is 0.314 e. The molecule has 1 fully saturated rings. The molecule has 5 heteroatoms. The summed E-state index contributed by atoms with van der Waals surface area (Å²) in [6, 6.07) is 0. The minimum absolute atomic E-state index is 0.239. The molecule has 0 saturated carbocycles. The van der Waals surface area contributed by atoms with Crippen LogP contribution >= 0.6 is 0 Å². The van der Waals surface area contributed by atoms with Crippen LogP contribution in [0.3, 0.4) is 0 Å². The van der Waals surface area contributed by atoms with Crippen molar-refractivity contribution < 1.29 is 8.42 Å². The Bertz CT molecular complexity index is 293. The van der Waals surface area contributed by atoms with Crippen molar-refractivity contribution in [1.29, 1.82) is 0 Å². The lowest BCUT2D eigenvalue weighted by Gasteiger charge is -2.40. The molecular formula is C10H22N2O2S. The summed E-state index contributed by atoms with van der Waals surface area (Å²) < 4.78 is 23.2. The van der Waals surface area contributed by atoms with E-state index < -0.39 is 9.84 Å². The zero-order valence-corrected chi connectivity index (χ0v) is 10.7. The minimum atomic E-state index is -2.89. The molecular weight excluding hydrogens is 212 g/mol. The summed E-state index contributed by atoms with van der Waals surface area (Å²) in [6.07, 6.45) is 0. The molecule has 0 spiro atoms. The highest BCUT2D eigenvalue weighted by Crippen LogP contribution is 2.17. The van der Waals surface area contributed by atoms with E-state index in [-0.39, 0.29) is 17.0 Å². The topological polar surface area (TPSA) is 49.4 Å². The molecule has 0 aromatic heterocycles. The van der Waals surface area contributed by atoms with Crippen molar-refractivity contribution in [3.8, 4) is 0 Å². The van der Waals surface area contributed by atoms with Crippen molar-refractivity contribution in [1.82, 2.24) is 10.2 Å². The van der Waals surface area contributed by atoms with Crippen LogP contribution in [0.5, 0.6) is 0 Å². The Morgan fingerprint density at radius 1 is 1.27 bits per heavy atom. The van der Waals surface area contributed by atoms with E-state index in [1.54, 1.807) is 6.92 Å². The van der Waals surface area contributed by atoms with Gasteiger partial charge in [-0.2, -0.15) is 0 Å². The van der Waals surface area contributed by atoms with Crippen molar-refractivity contribution in [2.24, 2.45) is 0 Å². The van der Waals surface area contributed by atoms with Crippen LogP contribution in [-0.2, 0) is 9.84 Å². The normalized spacial score (nSPS) is 20.5. The summed E-state index contributed by atoms with van der Waals surface area (Å²) in [5.74, 6) is 0.499. The van der Waals surface area contributed by atoms with Gasteiger partial charge in [-0.25, -0.2) is 8.42 Å². The van der Waals surface area contributed by atoms with E-state index in [9.17, 15) is 8.42 Å². The summed E-state index contributed by atoms with van der Waals surface area (Å²) in [5, 5.41) is 3.27. The second-order valence-corrected chi connectivity index (χ2v) is 7.08. The summed E-state index contributed by atoms with van der Waals surface area (Å²) in [7, 11) is -2.89. The number of nitrogens with zero attached hydrogens (tertiary/aromatic N) is 1. The molecule has 0 bridgehead atoms. The Labute approximate surface area is 93.0 Å². The maximum absolute atomic E-state index is 11.6. The SMILES string of the molecule is CCS(=O)(=O)CC(C)(C)N1CCNCC1. The van der Waals surface area contributed by atoms with Gasteiger partial charge in [0.15, 0.2) is 9.84 Å². The molecule has 0 aromatic rings. The summed E-state index contributed by atoms with van der Waals surface area (Å²) in [5.41, 5.74) is -0.239. The van der Waals surface area contributed by atoms with Crippen molar-refractivity contribution in [3.05, 3.63) is 0 Å². The molecule has 1 saturated heterocycles. The first kappa shape index (κ1) is 12.9. The number of nitrogens with one attached hydrogen (secondary N) is 1. The molecule has 0 aliphatic carbocycles. The third kappa shape index (κ3) is 3.74. The van der Waals surface area contributed by atoms with Gasteiger partial charge in [0.25, 0.3) is 0 Å². The molecule has 0 radical (unpaired) electrons. The average molecular weight is 234 g/mol. The van der Waals surface area contributed by atoms with E-state index in [1.807, 2.05) is 13.8 Å². The van der Waals surface area contributed by atoms with Gasteiger partial charge < -0.3 is 5.32 Å². The van der Waals surface area contributed by atoms with Crippen LogP contribution in [-0.4, -0.2) is 56.5 Å². The molecule has 0 amide bonds. The minimum Gasteiger partial charge on any atom is -0.314 e. The Morgan fingerprint density at radius 2 is 1.80 bits per heavy atom. The third-order valence-corrected chi connectivity index (χ3v) is 5.01. The van der Waals surface area contributed by atoms with Gasteiger partial charge in [-0.1, -0.05) is 6.92 Å². The van der Waals surface area contributed by atoms with Gasteiger partial charge in [-0.3, -0.25) is 4.90 Å². The summed E-state index contributed by atoms with van der Waals surface area (Å²) in [6.45, 7) is 9.53. The van der Waals surface area contributed by atoms with Crippen molar-refractivity contribution in [2.75, 3.05) is 37.7 Å². The van der Waals surface area contributed by atoms with Gasteiger partial charge in [0.2, 0.25) is 0 Å². The number of sulfone groups is 1. The number of hydrogen-bond donors (Lipinski definition) is 1. The second kappa shape index (κ2) is 4.80. The molecule has 0 atom stereocenters. The van der Waals surface area contributed by atoms with Gasteiger partial charge in [-0.05, 0) is 13.8 Å². The van der Waals surface area contributed by atoms with E-state index >= 15 is 0 Å².